The average Bonchev–Trinajstić information content (AvgIpc) is 3.10. The summed E-state index contributed by atoms with van der Waals surface area (Å²) in [4.78, 5) is 0. The van der Waals surface area contributed by atoms with E-state index < -0.39 is 0 Å². The molecule has 0 spiro atoms. The average molecular weight is 319 g/mol. The van der Waals surface area contributed by atoms with Gasteiger partial charge in [0.15, 0.2) is 23.3 Å². The predicted molar refractivity (Wildman–Crippen MR) is 85.9 cm³/mol. The van der Waals surface area contributed by atoms with Gasteiger partial charge in [-0.05, 0) is 34.4 Å². The van der Waals surface area contributed by atoms with Crippen molar-refractivity contribution in [2.45, 2.75) is 13.8 Å². The standard InChI is InChI=1S/C18H15N4O2/c1-18(2)14-15(18)17(13-6-4-8-24-13)22(11(9-19)10-20)21-16(14)12-5-3-7-23-12/h3-8,14-15,19H,1-2H3/q+1. The quantitative estimate of drug-likeness (QED) is 0.535. The molecule has 1 N–H and O–H groups in total. The maximum absolute atomic E-state index is 9.39. The molecule has 0 radical (unpaired) electrons. The fraction of sp³-hybridized carbons (Fsp3) is 0.278. The molecule has 1 aliphatic heterocycles. The first-order chi connectivity index (χ1) is 11.6. The lowest BCUT2D eigenvalue weighted by Gasteiger charge is -2.07. The Morgan fingerprint density at radius 1 is 1.21 bits per heavy atom. The van der Waals surface area contributed by atoms with Crippen LogP contribution in [0.15, 0.2) is 56.4 Å². The third kappa shape index (κ3) is 1.86. The van der Waals surface area contributed by atoms with Crippen molar-refractivity contribution in [3.05, 3.63) is 54.0 Å². The Labute approximate surface area is 138 Å². The van der Waals surface area contributed by atoms with Gasteiger partial charge < -0.3 is 8.83 Å². The van der Waals surface area contributed by atoms with Crippen LogP contribution in [0.25, 0.3) is 0 Å². The summed E-state index contributed by atoms with van der Waals surface area (Å²) >= 11 is 0. The van der Waals surface area contributed by atoms with E-state index in [0.717, 1.165) is 11.4 Å². The highest BCUT2D eigenvalue weighted by Crippen LogP contribution is 2.62. The van der Waals surface area contributed by atoms with Gasteiger partial charge in [-0.25, -0.2) is 0 Å². The minimum Gasteiger partial charge on any atom is -0.463 e. The summed E-state index contributed by atoms with van der Waals surface area (Å²) < 4.78 is 12.6. The van der Waals surface area contributed by atoms with Gasteiger partial charge in [-0.2, -0.15) is 5.26 Å². The van der Waals surface area contributed by atoms with Crippen LogP contribution < -0.4 is 0 Å². The Hall–Kier alpha value is -3.16. The Balaban J connectivity index is 2.00. The number of nitrogens with one attached hydrogen (secondary N) is 1. The smallest absolute Gasteiger partial charge is 0.376 e. The highest BCUT2D eigenvalue weighted by atomic mass is 16.3. The largest absolute Gasteiger partial charge is 0.463 e. The molecule has 6 heteroatoms. The fourth-order valence-electron chi connectivity index (χ4n) is 3.62. The molecule has 0 amide bonds. The van der Waals surface area contributed by atoms with Crippen LogP contribution in [0.4, 0.5) is 0 Å². The van der Waals surface area contributed by atoms with Gasteiger partial charge in [0.1, 0.15) is 0 Å². The summed E-state index contributed by atoms with van der Waals surface area (Å²) in [6.07, 6.45) is 3.20. The predicted octanol–water partition coefficient (Wildman–Crippen LogP) is 3.02. The summed E-state index contributed by atoms with van der Waals surface area (Å²) in [6, 6.07) is 9.32. The molecular formula is C18H15N4O2+. The maximum atomic E-state index is 9.39. The van der Waals surface area contributed by atoms with Crippen LogP contribution in [-0.2, 0) is 0 Å². The van der Waals surface area contributed by atoms with Gasteiger partial charge in [0.25, 0.3) is 5.71 Å². The summed E-state index contributed by atoms with van der Waals surface area (Å²) in [5, 5.41) is 21.5. The molecule has 6 nitrogen and oxygen atoms in total. The second-order valence-electron chi connectivity index (χ2n) is 6.50. The number of nitrogens with zero attached hydrogens (tertiary/aromatic N) is 3. The van der Waals surface area contributed by atoms with E-state index in [4.69, 9.17) is 14.2 Å². The summed E-state index contributed by atoms with van der Waals surface area (Å²) in [5.74, 6) is 3.81. The van der Waals surface area contributed by atoms with Crippen molar-refractivity contribution < 1.29 is 13.5 Å². The molecule has 1 saturated carbocycles. The normalized spacial score (nSPS) is 23.8. The molecule has 0 saturated heterocycles. The molecule has 1 aliphatic carbocycles. The lowest BCUT2D eigenvalue weighted by molar-refractivity contribution is -0.476. The van der Waals surface area contributed by atoms with E-state index in [1.165, 1.54) is 4.68 Å². The van der Waals surface area contributed by atoms with Crippen molar-refractivity contribution in [2.75, 3.05) is 0 Å². The number of furan rings is 2. The molecule has 3 heterocycles. The summed E-state index contributed by atoms with van der Waals surface area (Å²) in [6.45, 7) is 4.32. The Morgan fingerprint density at radius 2 is 1.88 bits per heavy atom. The molecule has 1 fully saturated rings. The topological polar surface area (TPSA) is 89.3 Å². The molecule has 2 aromatic heterocycles. The SMILES string of the molecule is CC1(C)C2C(c3ccco3)=N[N+](C(=C=N)C#N)=C(c3ccco3)C21. The zero-order valence-electron chi connectivity index (χ0n) is 13.3. The van der Waals surface area contributed by atoms with Crippen molar-refractivity contribution in [3.8, 4) is 6.07 Å². The Morgan fingerprint density at radius 3 is 2.42 bits per heavy atom. The lowest BCUT2D eigenvalue weighted by Crippen LogP contribution is -2.27. The van der Waals surface area contributed by atoms with E-state index in [2.05, 4.69) is 24.8 Å². The third-order valence-corrected chi connectivity index (χ3v) is 4.84. The minimum atomic E-state index is -0.0505. The number of rotatable bonds is 3. The molecule has 0 aromatic carbocycles. The molecule has 2 atom stereocenters. The number of hydrogen-bond donors (Lipinski definition) is 1. The Kier molecular flexibility index (Phi) is 2.96. The highest BCUT2D eigenvalue weighted by molar-refractivity contribution is 6.12. The van der Waals surface area contributed by atoms with Gasteiger partial charge in [-0.1, -0.05) is 13.8 Å². The highest BCUT2D eigenvalue weighted by Gasteiger charge is 2.69. The van der Waals surface area contributed by atoms with E-state index in [9.17, 15) is 5.26 Å². The number of hydrogen-bond acceptors (Lipinski definition) is 5. The fourth-order valence-corrected chi connectivity index (χ4v) is 3.62. The molecule has 2 aliphatic rings. The molecule has 118 valence electrons. The molecule has 24 heavy (non-hydrogen) atoms. The summed E-state index contributed by atoms with van der Waals surface area (Å²) in [7, 11) is 0. The van der Waals surface area contributed by atoms with Crippen molar-refractivity contribution in [1.29, 1.82) is 10.7 Å². The number of allylic oxidation sites excluding steroid dienone is 1. The maximum Gasteiger partial charge on any atom is 0.376 e. The van der Waals surface area contributed by atoms with E-state index >= 15 is 0 Å². The number of fused-ring (bicyclic) bond motifs is 1. The van der Waals surface area contributed by atoms with Crippen molar-refractivity contribution in [3.63, 3.8) is 0 Å². The van der Waals surface area contributed by atoms with Gasteiger partial charge in [-0.15, -0.1) is 0 Å². The zero-order chi connectivity index (χ0) is 16.9. The monoisotopic (exact) mass is 319 g/mol. The van der Waals surface area contributed by atoms with Crippen LogP contribution in [0.1, 0.15) is 25.4 Å². The molecule has 4 rings (SSSR count). The van der Waals surface area contributed by atoms with Gasteiger partial charge in [0.05, 0.1) is 24.3 Å². The van der Waals surface area contributed by atoms with Crippen LogP contribution in [-0.4, -0.2) is 22.0 Å². The van der Waals surface area contributed by atoms with E-state index in [-0.39, 0.29) is 22.9 Å². The van der Waals surface area contributed by atoms with E-state index in [1.807, 2.05) is 24.3 Å². The zero-order valence-corrected chi connectivity index (χ0v) is 13.3. The second-order valence-corrected chi connectivity index (χ2v) is 6.50. The van der Waals surface area contributed by atoms with Crippen molar-refractivity contribution in [1.82, 2.24) is 0 Å². The van der Waals surface area contributed by atoms with Crippen LogP contribution in [0, 0.1) is 34.0 Å². The third-order valence-electron chi connectivity index (χ3n) is 4.84. The van der Waals surface area contributed by atoms with Crippen molar-refractivity contribution >= 4 is 17.3 Å². The lowest BCUT2D eigenvalue weighted by atomic mass is 10.0. The minimum absolute atomic E-state index is 0.0200. The summed E-state index contributed by atoms with van der Waals surface area (Å²) in [5.41, 5.74) is 1.55. The first-order valence-corrected chi connectivity index (χ1v) is 7.62. The molecule has 2 aromatic rings. The number of hydrazone groups is 1. The van der Waals surface area contributed by atoms with Gasteiger partial charge in [0, 0.05) is 11.0 Å². The van der Waals surface area contributed by atoms with Crippen LogP contribution in [0.5, 0.6) is 0 Å². The second kappa shape index (κ2) is 4.92. The molecule has 0 bridgehead atoms. The first-order valence-electron chi connectivity index (χ1n) is 7.62. The van der Waals surface area contributed by atoms with Crippen molar-refractivity contribution in [2.24, 2.45) is 22.4 Å². The molecular weight excluding hydrogens is 304 g/mol. The van der Waals surface area contributed by atoms with Gasteiger partial charge in [-0.3, -0.25) is 5.41 Å². The first kappa shape index (κ1) is 14.4. The van der Waals surface area contributed by atoms with Gasteiger partial charge >= 0.3 is 5.70 Å². The Bertz CT molecular complexity index is 949. The van der Waals surface area contributed by atoms with Crippen LogP contribution >= 0.6 is 0 Å². The number of nitriles is 1. The van der Waals surface area contributed by atoms with Crippen LogP contribution in [0.2, 0.25) is 0 Å². The van der Waals surface area contributed by atoms with Crippen LogP contribution in [0.3, 0.4) is 0 Å². The van der Waals surface area contributed by atoms with Gasteiger partial charge in [0.2, 0.25) is 0 Å². The molecule has 2 unspecified atom stereocenters. The van der Waals surface area contributed by atoms with E-state index in [1.54, 1.807) is 18.6 Å². The van der Waals surface area contributed by atoms with E-state index in [0.29, 0.717) is 11.5 Å².